The van der Waals surface area contributed by atoms with Gasteiger partial charge in [-0.1, -0.05) is 389 Å². The summed E-state index contributed by atoms with van der Waals surface area (Å²) in [7, 11) is 0. The maximum Gasteiger partial charge on any atom is 0.306 e. The quantitative estimate of drug-likeness (QED) is 0.0373. The fraction of sp³-hybridized carbons (Fsp3) is 0.827. The lowest BCUT2D eigenvalue weighted by Crippen LogP contribution is -2.28. The molecule has 0 rings (SSSR count). The lowest BCUT2D eigenvalue weighted by Gasteiger charge is -2.15. The van der Waals surface area contributed by atoms with E-state index in [0.717, 1.165) is 64.2 Å². The first-order valence-corrected chi connectivity index (χ1v) is 38.5. The molecule has 0 aromatic heterocycles. The third kappa shape index (κ3) is 73.8. The summed E-state index contributed by atoms with van der Waals surface area (Å²) in [6.07, 6.45) is 107. The van der Waals surface area contributed by atoms with Crippen molar-refractivity contribution in [2.75, 3.05) is 13.2 Å². The number of esters is 2. The molecule has 0 saturated carbocycles. The van der Waals surface area contributed by atoms with Gasteiger partial charge in [0.15, 0.2) is 6.10 Å². The van der Waals surface area contributed by atoms with Crippen molar-refractivity contribution >= 4 is 11.9 Å². The van der Waals surface area contributed by atoms with Crippen molar-refractivity contribution in [3.8, 4) is 0 Å². The van der Waals surface area contributed by atoms with Gasteiger partial charge in [-0.15, -0.1) is 0 Å². The van der Waals surface area contributed by atoms with E-state index >= 15 is 0 Å². The first kappa shape index (κ1) is 83.3. The van der Waals surface area contributed by atoms with Gasteiger partial charge in [-0.25, -0.2) is 0 Å². The van der Waals surface area contributed by atoms with Gasteiger partial charge >= 0.3 is 11.9 Å². The van der Waals surface area contributed by atoms with Gasteiger partial charge in [0.2, 0.25) is 0 Å². The molecule has 0 aliphatic heterocycles. The van der Waals surface area contributed by atoms with E-state index in [1.807, 2.05) is 0 Å². The smallest absolute Gasteiger partial charge is 0.306 e. The highest BCUT2D eigenvalue weighted by Gasteiger charge is 2.16. The number of carbonyl (C=O) groups excluding carboxylic acids is 2. The molecule has 0 fully saturated rings. The molecule has 0 heterocycles. The molecule has 0 aliphatic rings. The Balaban J connectivity index is 3.38. The Hall–Kier alpha value is -2.66. The number of allylic oxidation sites excluding steroid dienone is 12. The molecule has 1 unspecified atom stereocenters. The Labute approximate surface area is 537 Å². The zero-order valence-corrected chi connectivity index (χ0v) is 57.8. The third-order valence-electron chi connectivity index (χ3n) is 17.5. The zero-order chi connectivity index (χ0) is 61.9. The molecule has 5 heteroatoms. The maximum atomic E-state index is 12.4. The largest absolute Gasteiger partial charge is 0.462 e. The second-order valence-electron chi connectivity index (χ2n) is 26.1. The van der Waals surface area contributed by atoms with Crippen molar-refractivity contribution in [2.45, 2.75) is 418 Å². The Morgan fingerprint density at radius 3 is 0.767 bits per heavy atom. The number of unbranched alkanes of at least 4 members (excludes halogenated alkanes) is 52. The highest BCUT2D eigenvalue weighted by molar-refractivity contribution is 5.70. The van der Waals surface area contributed by atoms with E-state index < -0.39 is 6.10 Å². The minimum atomic E-state index is -0.772. The number of hydrogen-bond acceptors (Lipinski definition) is 5. The summed E-state index contributed by atoms with van der Waals surface area (Å²) >= 11 is 0. The van der Waals surface area contributed by atoms with E-state index in [1.54, 1.807) is 0 Å². The lowest BCUT2D eigenvalue weighted by atomic mass is 10.0. The summed E-state index contributed by atoms with van der Waals surface area (Å²) in [4.78, 5) is 24.7. The van der Waals surface area contributed by atoms with Gasteiger partial charge in [-0.3, -0.25) is 9.59 Å². The van der Waals surface area contributed by atoms with Crippen molar-refractivity contribution < 1.29 is 24.2 Å². The first-order valence-electron chi connectivity index (χ1n) is 38.5. The van der Waals surface area contributed by atoms with Gasteiger partial charge in [-0.2, -0.15) is 0 Å². The highest BCUT2D eigenvalue weighted by Crippen LogP contribution is 2.19. The molecule has 5 nitrogen and oxygen atoms in total. The summed E-state index contributed by atoms with van der Waals surface area (Å²) in [6.45, 7) is 4.08. The summed E-state index contributed by atoms with van der Waals surface area (Å²) < 4.78 is 10.8. The summed E-state index contributed by atoms with van der Waals surface area (Å²) in [5, 5.41) is 9.72. The summed E-state index contributed by atoms with van der Waals surface area (Å²) in [6, 6.07) is 0. The van der Waals surface area contributed by atoms with Gasteiger partial charge < -0.3 is 14.6 Å². The average Bonchev–Trinajstić information content (AvgIpc) is 3.53. The molecule has 1 atom stereocenters. The molecule has 0 radical (unpaired) electrons. The van der Waals surface area contributed by atoms with Crippen molar-refractivity contribution in [3.63, 3.8) is 0 Å². The fourth-order valence-corrected chi connectivity index (χ4v) is 11.8. The average molecular weight is 1200 g/mol. The number of aliphatic hydroxyl groups excluding tert-OH is 1. The zero-order valence-electron chi connectivity index (χ0n) is 57.8. The fourth-order valence-electron chi connectivity index (χ4n) is 11.8. The molecule has 0 saturated heterocycles. The standard InChI is InChI=1S/C81H148O5/c1-3-5-7-9-11-13-15-17-19-21-23-25-27-29-31-33-35-37-39-40-42-44-46-48-50-52-54-56-58-60-62-64-66-68-70-72-74-76-81(84)86-79(77-82)78-85-80(83)75-73-71-69-67-65-63-61-59-57-55-53-51-49-47-45-43-41-38-36-34-32-30-28-26-24-22-20-18-16-14-12-10-8-6-4-2/h5,7,11,13,17,19,22-25,29,31,79,82H,3-4,6,8-10,12,14-16,18,20-21,26-28,30,32-78H2,1-2H3/b7-5-,13-11-,19-17-,24-22-,25-23-,31-29-. The summed E-state index contributed by atoms with van der Waals surface area (Å²) in [5.41, 5.74) is 0. The van der Waals surface area contributed by atoms with Gasteiger partial charge in [0.1, 0.15) is 6.61 Å². The molecule has 0 amide bonds. The summed E-state index contributed by atoms with van der Waals surface area (Å²) in [5.74, 6) is -0.567. The van der Waals surface area contributed by atoms with E-state index in [9.17, 15) is 14.7 Å². The normalized spacial score (nSPS) is 12.5. The molecule has 0 aromatic carbocycles. The molecular weight excluding hydrogens is 1050 g/mol. The van der Waals surface area contributed by atoms with E-state index in [2.05, 4.69) is 86.8 Å². The van der Waals surface area contributed by atoms with Crippen molar-refractivity contribution in [1.29, 1.82) is 0 Å². The highest BCUT2D eigenvalue weighted by atomic mass is 16.6. The van der Waals surface area contributed by atoms with E-state index in [1.165, 1.54) is 321 Å². The number of rotatable bonds is 72. The van der Waals surface area contributed by atoms with Crippen LogP contribution in [0.15, 0.2) is 72.9 Å². The van der Waals surface area contributed by atoms with Crippen molar-refractivity contribution in [1.82, 2.24) is 0 Å². The van der Waals surface area contributed by atoms with Crippen LogP contribution in [0.1, 0.15) is 412 Å². The Kier molecular flexibility index (Phi) is 74.2. The van der Waals surface area contributed by atoms with Crippen LogP contribution in [-0.2, 0) is 19.1 Å². The minimum absolute atomic E-state index is 0.0606. The molecule has 0 aliphatic carbocycles. The van der Waals surface area contributed by atoms with Crippen LogP contribution in [0.25, 0.3) is 0 Å². The molecule has 1 N–H and O–H groups in total. The molecule has 502 valence electrons. The number of hydrogen-bond donors (Lipinski definition) is 1. The topological polar surface area (TPSA) is 72.8 Å². The Morgan fingerprint density at radius 1 is 0.279 bits per heavy atom. The van der Waals surface area contributed by atoms with Gasteiger partial charge in [-0.05, 0) is 83.5 Å². The van der Waals surface area contributed by atoms with Crippen molar-refractivity contribution in [2.24, 2.45) is 0 Å². The number of aliphatic hydroxyl groups is 1. The molecule has 0 aromatic rings. The van der Waals surface area contributed by atoms with Crippen molar-refractivity contribution in [3.05, 3.63) is 72.9 Å². The molecule has 0 bridgehead atoms. The second kappa shape index (κ2) is 76.6. The number of ether oxygens (including phenoxy) is 2. The predicted octanol–water partition coefficient (Wildman–Crippen LogP) is 27.0. The predicted molar refractivity (Wildman–Crippen MR) is 380 cm³/mol. The third-order valence-corrected chi connectivity index (χ3v) is 17.5. The maximum absolute atomic E-state index is 12.4. The van der Waals surface area contributed by atoms with Gasteiger partial charge in [0.05, 0.1) is 6.61 Å². The van der Waals surface area contributed by atoms with Crippen LogP contribution in [-0.4, -0.2) is 36.4 Å². The van der Waals surface area contributed by atoms with Crippen LogP contribution < -0.4 is 0 Å². The van der Waals surface area contributed by atoms with E-state index in [-0.39, 0.29) is 25.2 Å². The SMILES string of the molecule is CC/C=C\C/C=C\C/C=C\C/C=C\C/C=C\CCCCCCCCCCCCCCCCCCCCCCCC(=O)OC(CO)COC(=O)CCCCCCCCCCCCCCCCCCCCCCCCC/C=C\CCCCCCCCCC. The Bertz CT molecular complexity index is 1500. The monoisotopic (exact) mass is 1200 g/mol. The van der Waals surface area contributed by atoms with E-state index in [4.69, 9.17) is 9.47 Å². The van der Waals surface area contributed by atoms with Crippen LogP contribution >= 0.6 is 0 Å². The lowest BCUT2D eigenvalue weighted by molar-refractivity contribution is -0.161. The van der Waals surface area contributed by atoms with Crippen LogP contribution in [0.4, 0.5) is 0 Å². The minimum Gasteiger partial charge on any atom is -0.462 e. The van der Waals surface area contributed by atoms with Gasteiger partial charge in [0, 0.05) is 12.8 Å². The van der Waals surface area contributed by atoms with Crippen LogP contribution in [0.3, 0.4) is 0 Å². The van der Waals surface area contributed by atoms with Gasteiger partial charge in [0.25, 0.3) is 0 Å². The van der Waals surface area contributed by atoms with E-state index in [0.29, 0.717) is 12.8 Å². The first-order chi connectivity index (χ1) is 42.6. The second-order valence-corrected chi connectivity index (χ2v) is 26.1. The van der Waals surface area contributed by atoms with Crippen LogP contribution in [0.5, 0.6) is 0 Å². The van der Waals surface area contributed by atoms with Crippen LogP contribution in [0, 0.1) is 0 Å². The molecule has 0 spiro atoms. The molecular formula is C81H148O5. The molecule has 86 heavy (non-hydrogen) atoms. The Morgan fingerprint density at radius 2 is 0.500 bits per heavy atom. The number of carbonyl (C=O) groups is 2. The van der Waals surface area contributed by atoms with Crippen LogP contribution in [0.2, 0.25) is 0 Å².